The highest BCUT2D eigenvalue weighted by Crippen LogP contribution is 2.50. The molecule has 3 heterocycles. The zero-order valence-corrected chi connectivity index (χ0v) is 33.5. The predicted octanol–water partition coefficient (Wildman–Crippen LogP) is 7.71. The summed E-state index contributed by atoms with van der Waals surface area (Å²) in [4.78, 5) is 12.1. The van der Waals surface area contributed by atoms with E-state index in [1.807, 2.05) is 23.2 Å². The molecular formula is C36H57N5O5SSi2. The summed E-state index contributed by atoms with van der Waals surface area (Å²) in [5, 5.41) is 4.84. The summed E-state index contributed by atoms with van der Waals surface area (Å²) < 4.78 is 48.3. The Morgan fingerprint density at radius 3 is 2.04 bits per heavy atom. The lowest BCUT2D eigenvalue weighted by molar-refractivity contribution is 0.0937. The van der Waals surface area contributed by atoms with Gasteiger partial charge in [0.25, 0.3) is 0 Å². The Morgan fingerprint density at radius 2 is 1.51 bits per heavy atom. The molecule has 0 amide bonds. The van der Waals surface area contributed by atoms with E-state index in [9.17, 15) is 8.42 Å². The summed E-state index contributed by atoms with van der Waals surface area (Å²) in [5.74, 6) is 3.01. The minimum absolute atomic E-state index is 0.0567. The Bertz CT molecular complexity index is 1670. The molecule has 0 unspecified atom stereocenters. The van der Waals surface area contributed by atoms with Gasteiger partial charge in [0.2, 0.25) is 5.88 Å². The van der Waals surface area contributed by atoms with Crippen LogP contribution in [0.2, 0.25) is 51.4 Å². The van der Waals surface area contributed by atoms with Gasteiger partial charge in [-0.3, -0.25) is 0 Å². The van der Waals surface area contributed by atoms with E-state index in [0.717, 1.165) is 36.1 Å². The normalized spacial score (nSPS) is 21.4. The quantitative estimate of drug-likeness (QED) is 0.0785. The average Bonchev–Trinajstić information content (AvgIpc) is 3.66. The fraction of sp³-hybridized carbons (Fsp3) is 0.694. The number of ether oxygens (including phenoxy) is 3. The highest BCUT2D eigenvalue weighted by atomic mass is 32.2. The van der Waals surface area contributed by atoms with Gasteiger partial charge in [-0.05, 0) is 68.0 Å². The second-order valence-electron chi connectivity index (χ2n) is 17.3. The lowest BCUT2D eigenvalue weighted by Crippen LogP contribution is -2.35. The molecule has 3 aromatic rings. The molecule has 3 aliphatic carbocycles. The summed E-state index contributed by atoms with van der Waals surface area (Å²) in [5.41, 5.74) is 2.95. The first-order valence-electron chi connectivity index (χ1n) is 18.3. The van der Waals surface area contributed by atoms with Crippen molar-refractivity contribution >= 4 is 37.5 Å². The molecule has 0 aliphatic heterocycles. The number of pyridine rings is 1. The van der Waals surface area contributed by atoms with Crippen LogP contribution in [0.3, 0.4) is 0 Å². The first-order chi connectivity index (χ1) is 23.1. The smallest absolute Gasteiger partial charge is 0.213 e. The average molecular weight is 728 g/mol. The van der Waals surface area contributed by atoms with Crippen molar-refractivity contribution in [2.75, 3.05) is 44.4 Å². The summed E-state index contributed by atoms with van der Waals surface area (Å²) in [7, 11) is -6.41. The van der Waals surface area contributed by atoms with E-state index < -0.39 is 26.0 Å². The van der Waals surface area contributed by atoms with Gasteiger partial charge < -0.3 is 19.1 Å². The summed E-state index contributed by atoms with van der Waals surface area (Å²) in [6, 6.07) is 5.92. The van der Waals surface area contributed by atoms with E-state index in [0.29, 0.717) is 60.6 Å². The molecule has 0 N–H and O–H groups in total. The van der Waals surface area contributed by atoms with Gasteiger partial charge in [-0.2, -0.15) is 9.61 Å². The van der Waals surface area contributed by atoms with Gasteiger partial charge in [0.1, 0.15) is 18.4 Å². The number of aromatic nitrogens is 4. The second kappa shape index (κ2) is 14.7. The molecule has 0 radical (unpaired) electrons. The number of hydrogen-bond donors (Lipinski definition) is 0. The molecule has 10 nitrogen and oxygen atoms in total. The zero-order chi connectivity index (χ0) is 35.0. The van der Waals surface area contributed by atoms with Gasteiger partial charge in [-0.15, -0.1) is 0 Å². The molecular weight excluding hydrogens is 671 g/mol. The molecule has 3 atom stereocenters. The molecule has 0 aromatic carbocycles. The van der Waals surface area contributed by atoms with Crippen molar-refractivity contribution in [2.45, 2.75) is 107 Å². The van der Waals surface area contributed by atoms with E-state index in [4.69, 9.17) is 24.3 Å². The van der Waals surface area contributed by atoms with E-state index in [2.05, 4.69) is 44.3 Å². The van der Waals surface area contributed by atoms with Crippen molar-refractivity contribution in [3.63, 3.8) is 0 Å². The van der Waals surface area contributed by atoms with Gasteiger partial charge in [0.05, 0.1) is 18.5 Å². The fourth-order valence-corrected chi connectivity index (χ4v) is 9.86. The first-order valence-corrected chi connectivity index (χ1v) is 27.6. The van der Waals surface area contributed by atoms with Crippen molar-refractivity contribution in [2.24, 2.45) is 17.8 Å². The third-order valence-corrected chi connectivity index (χ3v) is 14.8. The molecule has 3 saturated carbocycles. The van der Waals surface area contributed by atoms with Gasteiger partial charge in [0.15, 0.2) is 21.3 Å². The van der Waals surface area contributed by atoms with Gasteiger partial charge >= 0.3 is 0 Å². The standard InChI is InChI=1S/C36H57N5O5SSi2/c1-47(42,43)34-33(30-19-27-10-11-28(18-27)20-30)39-35-31(29-12-13-32(37-21-29)46-23-26-8-9-26)22-38-41(35)36(34)40(24-44-14-16-48(2,3)4)25-45-15-17-49(5,6)7/h12-13,21-22,26-28,30H,8-11,14-20,23-25H2,1-7H3/t27-,28+,30+. The molecule has 3 aliphatic rings. The number of nitrogens with zero attached hydrogens (tertiary/aromatic N) is 5. The maximum Gasteiger partial charge on any atom is 0.213 e. The van der Waals surface area contributed by atoms with Gasteiger partial charge in [-0.1, -0.05) is 52.1 Å². The van der Waals surface area contributed by atoms with Crippen molar-refractivity contribution < 1.29 is 22.6 Å². The van der Waals surface area contributed by atoms with Crippen molar-refractivity contribution in [3.8, 4) is 17.0 Å². The molecule has 270 valence electrons. The molecule has 2 bridgehead atoms. The minimum atomic E-state index is -3.73. The van der Waals surface area contributed by atoms with Crippen molar-refractivity contribution in [1.82, 2.24) is 19.6 Å². The topological polar surface area (TPSA) is 108 Å². The Morgan fingerprint density at radius 1 is 0.878 bits per heavy atom. The molecule has 3 fully saturated rings. The summed E-state index contributed by atoms with van der Waals surface area (Å²) in [6.45, 7) is 16.3. The third-order valence-electron chi connectivity index (χ3n) is 10.2. The zero-order valence-electron chi connectivity index (χ0n) is 30.7. The highest BCUT2D eigenvalue weighted by Gasteiger charge is 2.39. The summed E-state index contributed by atoms with van der Waals surface area (Å²) in [6.07, 6.45) is 12.9. The number of hydrogen-bond acceptors (Lipinski definition) is 9. The number of anilines is 1. The van der Waals surface area contributed by atoms with Crippen LogP contribution in [0.25, 0.3) is 16.8 Å². The molecule has 3 aromatic heterocycles. The Hall–Kier alpha value is -2.33. The number of sulfone groups is 1. The predicted molar refractivity (Wildman–Crippen MR) is 201 cm³/mol. The van der Waals surface area contributed by atoms with Crippen molar-refractivity contribution in [3.05, 3.63) is 30.2 Å². The molecule has 49 heavy (non-hydrogen) atoms. The minimum Gasteiger partial charge on any atom is -0.477 e. The lowest BCUT2D eigenvalue weighted by atomic mass is 9.79. The van der Waals surface area contributed by atoms with Crippen LogP contribution in [0.4, 0.5) is 5.82 Å². The van der Waals surface area contributed by atoms with Crippen LogP contribution in [-0.2, 0) is 19.3 Å². The Labute approximate surface area is 295 Å². The van der Waals surface area contributed by atoms with Crippen LogP contribution in [-0.4, -0.2) is 83.7 Å². The largest absolute Gasteiger partial charge is 0.477 e. The van der Waals surface area contributed by atoms with E-state index in [1.165, 1.54) is 38.4 Å². The van der Waals surface area contributed by atoms with E-state index in [1.54, 1.807) is 10.7 Å². The molecule has 13 heteroatoms. The Kier molecular flexibility index (Phi) is 11.0. The molecule has 6 rings (SSSR count). The highest BCUT2D eigenvalue weighted by molar-refractivity contribution is 7.91. The lowest BCUT2D eigenvalue weighted by Gasteiger charge is -2.32. The Balaban J connectivity index is 1.44. The second-order valence-corrected chi connectivity index (χ2v) is 30.5. The fourth-order valence-electron chi connectivity index (χ4n) is 7.20. The number of fused-ring (bicyclic) bond motifs is 3. The third kappa shape index (κ3) is 9.52. The van der Waals surface area contributed by atoms with Crippen LogP contribution in [0.5, 0.6) is 5.88 Å². The maximum atomic E-state index is 14.0. The van der Waals surface area contributed by atoms with Crippen LogP contribution in [0.1, 0.15) is 56.6 Å². The van der Waals surface area contributed by atoms with Crippen LogP contribution < -0.4 is 9.64 Å². The monoisotopic (exact) mass is 727 g/mol. The van der Waals surface area contributed by atoms with Crippen LogP contribution >= 0.6 is 0 Å². The SMILES string of the molecule is C[Si](C)(C)CCOCN(COCC[Si](C)(C)C)c1c(S(C)(=O)=O)c([C@H]2C[C@@H]3CC[C@@H](C3)C2)nc2c(-c3ccc(OCC4CC4)nc3)cnn12. The van der Waals surface area contributed by atoms with Gasteiger partial charge in [-0.25, -0.2) is 18.4 Å². The van der Waals surface area contributed by atoms with Crippen molar-refractivity contribution in [1.29, 1.82) is 0 Å². The molecule has 0 saturated heterocycles. The molecule has 0 spiro atoms. The first kappa shape index (κ1) is 36.5. The maximum absolute atomic E-state index is 14.0. The van der Waals surface area contributed by atoms with Crippen LogP contribution in [0, 0.1) is 17.8 Å². The van der Waals surface area contributed by atoms with E-state index >= 15 is 0 Å². The number of rotatable bonds is 17. The van der Waals surface area contributed by atoms with E-state index in [-0.39, 0.29) is 24.3 Å². The van der Waals surface area contributed by atoms with Gasteiger partial charge in [0, 0.05) is 64.9 Å². The summed E-state index contributed by atoms with van der Waals surface area (Å²) >= 11 is 0. The van der Waals surface area contributed by atoms with Crippen LogP contribution in [0.15, 0.2) is 29.4 Å².